The maximum Gasteiger partial charge on any atom is 0.175 e. The van der Waals surface area contributed by atoms with E-state index in [1.807, 2.05) is 19.1 Å². The average Bonchev–Trinajstić information content (AvgIpc) is 2.75. The Bertz CT molecular complexity index is 1120. The quantitative estimate of drug-likeness (QED) is 0.335. The first-order valence-electron chi connectivity index (χ1n) is 12.9. The summed E-state index contributed by atoms with van der Waals surface area (Å²) < 4.78 is 12.6. The van der Waals surface area contributed by atoms with E-state index in [2.05, 4.69) is 62.0 Å². The Hall–Kier alpha value is -2.34. The Morgan fingerprint density at radius 2 is 1.53 bits per heavy atom. The van der Waals surface area contributed by atoms with Gasteiger partial charge in [0.15, 0.2) is 23.1 Å². The van der Waals surface area contributed by atoms with Crippen molar-refractivity contribution < 1.29 is 19.1 Å². The van der Waals surface area contributed by atoms with Crippen molar-refractivity contribution >= 4 is 27.5 Å². The zero-order valence-corrected chi connectivity index (χ0v) is 24.0. The number of benzene rings is 1. The molecular formula is C30H38BrNO4. The number of hydrogen-bond donors (Lipinski definition) is 0. The summed E-state index contributed by atoms with van der Waals surface area (Å²) in [6, 6.07) is 3.94. The smallest absolute Gasteiger partial charge is 0.175 e. The van der Waals surface area contributed by atoms with Crippen molar-refractivity contribution in [2.24, 2.45) is 10.8 Å². The van der Waals surface area contributed by atoms with Gasteiger partial charge in [-0.15, -0.1) is 0 Å². The molecule has 0 atom stereocenters. The van der Waals surface area contributed by atoms with E-state index in [4.69, 9.17) is 9.47 Å². The molecule has 1 aromatic rings. The lowest BCUT2D eigenvalue weighted by atomic mass is 9.63. The summed E-state index contributed by atoms with van der Waals surface area (Å²) >= 11 is 3.68. The van der Waals surface area contributed by atoms with Crippen molar-refractivity contribution in [2.45, 2.75) is 73.1 Å². The summed E-state index contributed by atoms with van der Waals surface area (Å²) in [6.45, 7) is 18.0. The summed E-state index contributed by atoms with van der Waals surface area (Å²) in [5.74, 6) is 1.05. The van der Waals surface area contributed by atoms with Gasteiger partial charge in [0, 0.05) is 47.8 Å². The van der Waals surface area contributed by atoms with Crippen LogP contribution < -0.4 is 9.47 Å². The van der Waals surface area contributed by atoms with Gasteiger partial charge in [-0.25, -0.2) is 0 Å². The number of halogens is 1. The van der Waals surface area contributed by atoms with Gasteiger partial charge in [0.2, 0.25) is 0 Å². The molecule has 2 aliphatic carbocycles. The average molecular weight is 557 g/mol. The van der Waals surface area contributed by atoms with E-state index < -0.39 is 5.92 Å². The molecule has 36 heavy (non-hydrogen) atoms. The first-order valence-corrected chi connectivity index (χ1v) is 13.7. The molecule has 0 saturated carbocycles. The standard InChI is InChI=1S/C30H38BrNO4/c1-8-11-36-28-19(31)12-18(13-24(28)35-10-3)25-26-20(14-29(4,5)16-22(26)33)32(9-2)21-15-30(6,7)17-23(34)27(21)25/h8,12-13,25H,1,9-11,14-17H2,2-7H3. The first-order chi connectivity index (χ1) is 16.9. The molecule has 0 bridgehead atoms. The molecule has 0 unspecified atom stereocenters. The largest absolute Gasteiger partial charge is 0.490 e. The lowest BCUT2D eigenvalue weighted by molar-refractivity contribution is -0.119. The van der Waals surface area contributed by atoms with Crippen LogP contribution in [0.4, 0.5) is 0 Å². The van der Waals surface area contributed by atoms with Gasteiger partial charge in [-0.1, -0.05) is 40.3 Å². The van der Waals surface area contributed by atoms with Gasteiger partial charge in [0.25, 0.3) is 0 Å². The van der Waals surface area contributed by atoms with Crippen LogP contribution >= 0.6 is 15.9 Å². The molecule has 0 N–H and O–H groups in total. The zero-order valence-electron chi connectivity index (χ0n) is 22.4. The van der Waals surface area contributed by atoms with Gasteiger partial charge in [0.05, 0.1) is 11.1 Å². The summed E-state index contributed by atoms with van der Waals surface area (Å²) in [4.78, 5) is 29.9. The van der Waals surface area contributed by atoms with E-state index in [1.165, 1.54) is 0 Å². The molecule has 3 aliphatic rings. The number of nitrogens with zero attached hydrogens (tertiary/aromatic N) is 1. The molecule has 0 amide bonds. The Morgan fingerprint density at radius 1 is 0.972 bits per heavy atom. The van der Waals surface area contributed by atoms with Gasteiger partial charge in [-0.2, -0.15) is 0 Å². The molecular weight excluding hydrogens is 518 g/mol. The van der Waals surface area contributed by atoms with Crippen molar-refractivity contribution in [1.82, 2.24) is 4.90 Å². The topological polar surface area (TPSA) is 55.8 Å². The normalized spacial score (nSPS) is 21.4. The van der Waals surface area contributed by atoms with Crippen LogP contribution in [-0.2, 0) is 9.59 Å². The molecule has 0 saturated heterocycles. The SMILES string of the molecule is C=CCOc1c(Br)cc(C2C3=C(CC(C)(C)CC3=O)N(CC)C3=C2C(=O)CC(C)(C)C3)cc1OCC. The van der Waals surface area contributed by atoms with Crippen LogP contribution in [0.5, 0.6) is 11.5 Å². The van der Waals surface area contributed by atoms with Gasteiger partial charge in [-0.3, -0.25) is 9.59 Å². The molecule has 0 spiro atoms. The number of ether oxygens (including phenoxy) is 2. The Balaban J connectivity index is 1.98. The minimum Gasteiger partial charge on any atom is -0.490 e. The minimum absolute atomic E-state index is 0.125. The lowest BCUT2D eigenvalue weighted by Gasteiger charge is -2.49. The third kappa shape index (κ3) is 4.81. The second-order valence-electron chi connectivity index (χ2n) is 11.6. The number of carbonyl (C=O) groups is 2. The fourth-order valence-corrected chi connectivity index (χ4v) is 6.64. The highest BCUT2D eigenvalue weighted by Crippen LogP contribution is 2.55. The van der Waals surface area contributed by atoms with Crippen LogP contribution in [-0.4, -0.2) is 36.2 Å². The van der Waals surface area contributed by atoms with E-state index in [1.54, 1.807) is 6.08 Å². The maximum absolute atomic E-state index is 13.8. The van der Waals surface area contributed by atoms with Crippen molar-refractivity contribution in [3.05, 3.63) is 57.4 Å². The second-order valence-corrected chi connectivity index (χ2v) is 12.5. The van der Waals surface area contributed by atoms with Crippen LogP contribution in [0.25, 0.3) is 0 Å². The third-order valence-electron chi connectivity index (χ3n) is 7.35. The van der Waals surface area contributed by atoms with Crippen LogP contribution in [0.1, 0.15) is 78.7 Å². The molecule has 0 fully saturated rings. The maximum atomic E-state index is 13.8. The third-order valence-corrected chi connectivity index (χ3v) is 7.94. The molecule has 0 radical (unpaired) electrons. The Labute approximate surface area is 223 Å². The van der Waals surface area contributed by atoms with E-state index in [0.29, 0.717) is 37.6 Å². The van der Waals surface area contributed by atoms with Crippen LogP contribution in [0.2, 0.25) is 0 Å². The number of ketones is 2. The highest BCUT2D eigenvalue weighted by Gasteiger charge is 2.48. The Morgan fingerprint density at radius 3 is 2.00 bits per heavy atom. The van der Waals surface area contributed by atoms with Crippen LogP contribution in [0.15, 0.2) is 51.8 Å². The molecule has 4 rings (SSSR count). The lowest BCUT2D eigenvalue weighted by Crippen LogP contribution is -2.44. The minimum atomic E-state index is -0.408. The molecule has 1 heterocycles. The molecule has 1 aliphatic heterocycles. The van der Waals surface area contributed by atoms with Crippen molar-refractivity contribution in [1.29, 1.82) is 0 Å². The second kappa shape index (κ2) is 9.85. The fourth-order valence-electron chi connectivity index (χ4n) is 6.06. The van der Waals surface area contributed by atoms with Crippen LogP contribution in [0.3, 0.4) is 0 Å². The zero-order chi connectivity index (χ0) is 26.4. The highest BCUT2D eigenvalue weighted by atomic mass is 79.9. The highest BCUT2D eigenvalue weighted by molar-refractivity contribution is 9.10. The van der Waals surface area contributed by atoms with E-state index in [9.17, 15) is 9.59 Å². The van der Waals surface area contributed by atoms with E-state index >= 15 is 0 Å². The van der Waals surface area contributed by atoms with Crippen molar-refractivity contribution in [3.63, 3.8) is 0 Å². The van der Waals surface area contributed by atoms with Gasteiger partial charge in [0.1, 0.15) is 6.61 Å². The number of rotatable bonds is 7. The van der Waals surface area contributed by atoms with E-state index in [-0.39, 0.29) is 22.4 Å². The Kier molecular flexibility index (Phi) is 7.31. The number of carbonyl (C=O) groups excluding carboxylic acids is 2. The number of hydrogen-bond acceptors (Lipinski definition) is 5. The predicted octanol–water partition coefficient (Wildman–Crippen LogP) is 7.12. The monoisotopic (exact) mass is 555 g/mol. The van der Waals surface area contributed by atoms with Gasteiger partial charge >= 0.3 is 0 Å². The molecule has 0 aromatic heterocycles. The van der Waals surface area contributed by atoms with Gasteiger partial charge in [-0.05, 0) is 71.1 Å². The number of allylic oxidation sites excluding steroid dienone is 4. The van der Waals surface area contributed by atoms with Crippen LogP contribution in [0, 0.1) is 10.8 Å². The molecule has 6 heteroatoms. The summed E-state index contributed by atoms with van der Waals surface area (Å²) in [6.07, 6.45) is 4.26. The summed E-state index contributed by atoms with van der Waals surface area (Å²) in [7, 11) is 0. The predicted molar refractivity (Wildman–Crippen MR) is 146 cm³/mol. The first kappa shape index (κ1) is 26.7. The molecule has 194 valence electrons. The summed E-state index contributed by atoms with van der Waals surface area (Å²) in [5, 5.41) is 0. The fraction of sp³-hybridized carbons (Fsp3) is 0.533. The van der Waals surface area contributed by atoms with Crippen molar-refractivity contribution in [2.75, 3.05) is 19.8 Å². The molecule has 1 aromatic carbocycles. The van der Waals surface area contributed by atoms with Crippen molar-refractivity contribution in [3.8, 4) is 11.5 Å². The summed E-state index contributed by atoms with van der Waals surface area (Å²) in [5.41, 5.74) is 4.34. The van der Waals surface area contributed by atoms with E-state index in [0.717, 1.165) is 52.0 Å². The molecule has 5 nitrogen and oxygen atoms in total. The van der Waals surface area contributed by atoms with Gasteiger partial charge < -0.3 is 14.4 Å². The number of Topliss-reactive ketones (excluding diaryl/α,β-unsaturated/α-hetero) is 2.